The number of fused-ring (bicyclic) bond motifs is 3. The van der Waals surface area contributed by atoms with Crippen LogP contribution in [0.1, 0.15) is 68.1 Å². The second kappa shape index (κ2) is 8.95. The van der Waals surface area contributed by atoms with Gasteiger partial charge in [0.1, 0.15) is 15.7 Å². The zero-order chi connectivity index (χ0) is 19.5. The Morgan fingerprint density at radius 3 is 2.86 bits per heavy atom. The predicted octanol–water partition coefficient (Wildman–Crippen LogP) is 5.37. The molecule has 6 heteroatoms. The molecule has 2 aliphatic carbocycles. The van der Waals surface area contributed by atoms with E-state index in [1.807, 2.05) is 25.2 Å². The van der Waals surface area contributed by atoms with Gasteiger partial charge in [0.2, 0.25) is 5.91 Å². The second-order valence-electron chi connectivity index (χ2n) is 7.88. The Hall–Kier alpha value is -1.40. The van der Waals surface area contributed by atoms with Crippen LogP contribution in [0.25, 0.3) is 10.2 Å². The van der Waals surface area contributed by atoms with Crippen molar-refractivity contribution in [2.45, 2.75) is 81.9 Å². The largest absolute Gasteiger partial charge is 0.355 e. The lowest BCUT2D eigenvalue weighted by molar-refractivity contribution is -0.120. The molecule has 0 radical (unpaired) electrons. The molecule has 0 aliphatic heterocycles. The van der Waals surface area contributed by atoms with Crippen molar-refractivity contribution < 1.29 is 4.79 Å². The number of rotatable bonds is 6. The number of aryl methyl sites for hydroxylation is 3. The number of hydrogen-bond donors (Lipinski definition) is 1. The fourth-order valence-electron chi connectivity index (χ4n) is 4.15. The minimum Gasteiger partial charge on any atom is -0.355 e. The van der Waals surface area contributed by atoms with Gasteiger partial charge in [-0.05, 0) is 77.2 Å². The van der Waals surface area contributed by atoms with Crippen LogP contribution in [0.3, 0.4) is 0 Å². The van der Waals surface area contributed by atoms with Crippen molar-refractivity contribution in [3.8, 4) is 0 Å². The molecule has 2 aliphatic rings. The summed E-state index contributed by atoms with van der Waals surface area (Å²) in [5.74, 6) is 0.903. The van der Waals surface area contributed by atoms with Crippen LogP contribution >= 0.6 is 23.1 Å². The summed E-state index contributed by atoms with van der Waals surface area (Å²) in [6.45, 7) is 4.68. The van der Waals surface area contributed by atoms with Crippen LogP contribution in [-0.2, 0) is 17.6 Å². The maximum absolute atomic E-state index is 12.6. The minimum absolute atomic E-state index is 0.106. The van der Waals surface area contributed by atoms with E-state index in [1.165, 1.54) is 59.9 Å². The first-order valence-corrected chi connectivity index (χ1v) is 12.2. The number of thiophene rings is 1. The molecule has 28 heavy (non-hydrogen) atoms. The van der Waals surface area contributed by atoms with Crippen molar-refractivity contribution in [1.29, 1.82) is 0 Å². The number of aromatic nitrogens is 2. The molecule has 0 fully saturated rings. The van der Waals surface area contributed by atoms with Gasteiger partial charge >= 0.3 is 0 Å². The van der Waals surface area contributed by atoms with Crippen molar-refractivity contribution in [3.63, 3.8) is 0 Å². The van der Waals surface area contributed by atoms with Gasteiger partial charge in [0.05, 0.1) is 5.25 Å². The molecule has 4 nitrogen and oxygen atoms in total. The first-order valence-electron chi connectivity index (χ1n) is 10.5. The average molecular weight is 416 g/mol. The monoisotopic (exact) mass is 415 g/mol. The Morgan fingerprint density at radius 2 is 2.04 bits per heavy atom. The third kappa shape index (κ3) is 4.43. The molecule has 0 spiro atoms. The van der Waals surface area contributed by atoms with Crippen LogP contribution in [-0.4, -0.2) is 27.7 Å². The zero-order valence-corrected chi connectivity index (χ0v) is 18.5. The van der Waals surface area contributed by atoms with E-state index in [1.54, 1.807) is 11.8 Å². The summed E-state index contributed by atoms with van der Waals surface area (Å²) in [5.41, 5.74) is 2.94. The Kier molecular flexibility index (Phi) is 6.36. The molecular weight excluding hydrogens is 386 g/mol. The molecule has 1 amide bonds. The fourth-order valence-corrected chi connectivity index (χ4v) is 6.57. The number of nitrogens with zero attached hydrogens (tertiary/aromatic N) is 2. The van der Waals surface area contributed by atoms with E-state index in [-0.39, 0.29) is 11.2 Å². The van der Waals surface area contributed by atoms with Crippen LogP contribution in [0.2, 0.25) is 0 Å². The van der Waals surface area contributed by atoms with Gasteiger partial charge in [0, 0.05) is 16.8 Å². The number of amides is 1. The number of hydrogen-bond acceptors (Lipinski definition) is 5. The number of nitrogens with one attached hydrogen (secondary N) is 1. The van der Waals surface area contributed by atoms with Gasteiger partial charge in [-0.3, -0.25) is 4.79 Å². The van der Waals surface area contributed by atoms with Gasteiger partial charge in [-0.2, -0.15) is 0 Å². The van der Waals surface area contributed by atoms with Crippen molar-refractivity contribution in [3.05, 3.63) is 27.9 Å². The Labute approximate surface area is 175 Å². The topological polar surface area (TPSA) is 54.9 Å². The molecule has 1 N–H and O–H groups in total. The summed E-state index contributed by atoms with van der Waals surface area (Å²) in [5, 5.41) is 5.17. The van der Waals surface area contributed by atoms with Crippen LogP contribution in [0.15, 0.2) is 16.7 Å². The highest BCUT2D eigenvalue weighted by molar-refractivity contribution is 8.00. The maximum Gasteiger partial charge on any atom is 0.233 e. The van der Waals surface area contributed by atoms with E-state index in [0.29, 0.717) is 0 Å². The van der Waals surface area contributed by atoms with Crippen LogP contribution in [0.5, 0.6) is 0 Å². The Balaban J connectivity index is 1.44. The van der Waals surface area contributed by atoms with Gasteiger partial charge in [0.15, 0.2) is 0 Å². The van der Waals surface area contributed by atoms with Gasteiger partial charge in [0.25, 0.3) is 0 Å². The fraction of sp³-hybridized carbons (Fsp3) is 0.591. The van der Waals surface area contributed by atoms with Gasteiger partial charge in [-0.25, -0.2) is 9.97 Å². The molecule has 0 saturated heterocycles. The Morgan fingerprint density at radius 1 is 1.21 bits per heavy atom. The lowest BCUT2D eigenvalue weighted by Gasteiger charge is -2.16. The minimum atomic E-state index is -0.156. The predicted molar refractivity (Wildman–Crippen MR) is 118 cm³/mol. The van der Waals surface area contributed by atoms with E-state index in [4.69, 9.17) is 4.98 Å². The number of allylic oxidation sites excluding steroid dienone is 1. The third-order valence-electron chi connectivity index (χ3n) is 5.68. The van der Waals surface area contributed by atoms with Crippen molar-refractivity contribution in [2.24, 2.45) is 0 Å². The lowest BCUT2D eigenvalue weighted by Crippen LogP contribution is -2.32. The molecule has 0 saturated carbocycles. The highest BCUT2D eigenvalue weighted by Crippen LogP contribution is 2.40. The summed E-state index contributed by atoms with van der Waals surface area (Å²) < 4.78 is 0. The third-order valence-corrected chi connectivity index (χ3v) is 7.95. The molecule has 0 unspecified atom stereocenters. The quantitative estimate of drug-likeness (QED) is 0.392. The summed E-state index contributed by atoms with van der Waals surface area (Å²) in [6.07, 6.45) is 13.1. The lowest BCUT2D eigenvalue weighted by atomic mass is 9.97. The molecule has 2 aromatic rings. The molecule has 150 valence electrons. The smallest absolute Gasteiger partial charge is 0.233 e. The zero-order valence-electron chi connectivity index (χ0n) is 16.8. The normalized spacial score (nSPS) is 17.9. The van der Waals surface area contributed by atoms with Gasteiger partial charge in [-0.1, -0.05) is 23.4 Å². The Bertz CT molecular complexity index is 903. The molecule has 2 heterocycles. The molecule has 0 bridgehead atoms. The first-order chi connectivity index (χ1) is 13.6. The summed E-state index contributed by atoms with van der Waals surface area (Å²) >= 11 is 3.41. The molecular formula is C22H29N3OS2. The van der Waals surface area contributed by atoms with Crippen molar-refractivity contribution in [2.75, 3.05) is 6.54 Å². The van der Waals surface area contributed by atoms with Gasteiger partial charge in [-0.15, -0.1) is 11.3 Å². The number of carbonyl (C=O) groups excluding carboxylic acids is 1. The molecule has 2 aromatic heterocycles. The SMILES string of the molecule is Cc1nc(S[C@@H](C)C(=O)NCCC2=CCCCC2)c2c3c(sc2n1)CCCC3. The molecule has 4 rings (SSSR count). The van der Waals surface area contributed by atoms with Gasteiger partial charge < -0.3 is 5.32 Å². The highest BCUT2D eigenvalue weighted by Gasteiger charge is 2.23. The van der Waals surface area contributed by atoms with E-state index >= 15 is 0 Å². The number of thioether (sulfide) groups is 1. The van der Waals surface area contributed by atoms with E-state index < -0.39 is 0 Å². The van der Waals surface area contributed by atoms with Crippen LogP contribution in [0, 0.1) is 6.92 Å². The highest BCUT2D eigenvalue weighted by atomic mass is 32.2. The summed E-state index contributed by atoms with van der Waals surface area (Å²) in [6, 6.07) is 0. The molecule has 0 aromatic carbocycles. The second-order valence-corrected chi connectivity index (χ2v) is 10.3. The van der Waals surface area contributed by atoms with Crippen LogP contribution in [0.4, 0.5) is 0 Å². The van der Waals surface area contributed by atoms with Crippen molar-refractivity contribution >= 4 is 39.2 Å². The van der Waals surface area contributed by atoms with E-state index in [9.17, 15) is 4.79 Å². The van der Waals surface area contributed by atoms with Crippen molar-refractivity contribution in [1.82, 2.24) is 15.3 Å². The summed E-state index contributed by atoms with van der Waals surface area (Å²) in [7, 11) is 0. The molecule has 1 atom stereocenters. The van der Waals surface area contributed by atoms with E-state index in [2.05, 4.69) is 16.4 Å². The maximum atomic E-state index is 12.6. The first kappa shape index (κ1) is 19.9. The average Bonchev–Trinajstić information content (AvgIpc) is 3.06. The standard InChI is InChI=1S/C22H29N3OS2/c1-14(20(26)23-13-12-16-8-4-3-5-9-16)27-21-19-17-10-6-7-11-18(17)28-22(19)25-15(2)24-21/h8,14H,3-7,9-13H2,1-2H3,(H,23,26)/t14-/m0/s1. The summed E-state index contributed by atoms with van der Waals surface area (Å²) in [4.78, 5) is 24.6. The van der Waals surface area contributed by atoms with Crippen LogP contribution < -0.4 is 5.32 Å². The van der Waals surface area contributed by atoms with E-state index in [0.717, 1.165) is 41.5 Å². The number of carbonyl (C=O) groups is 1.